The zero-order valence-corrected chi connectivity index (χ0v) is 6.48. The maximum absolute atomic E-state index is 11.0. The first-order valence-electron chi connectivity index (χ1n) is 3.27. The summed E-state index contributed by atoms with van der Waals surface area (Å²) in [7, 11) is 0. The minimum absolute atomic E-state index is 0.162. The number of carboxylic acid groups (broad SMARTS) is 1. The number of H-pyrrole nitrogens is 1. The van der Waals surface area contributed by atoms with Crippen molar-refractivity contribution >= 4 is 11.5 Å². The summed E-state index contributed by atoms with van der Waals surface area (Å²) < 4.78 is 0.162. The molecule has 6 nitrogen and oxygen atoms in total. The molecule has 1 aromatic rings. The molecule has 0 spiro atoms. The fourth-order valence-electron chi connectivity index (χ4n) is 0.746. The SMILES string of the molecule is C=C(C(=O)O)c1c[nH]c(=O)c[n+]1[O-]. The van der Waals surface area contributed by atoms with E-state index in [1.54, 1.807) is 0 Å². The largest absolute Gasteiger partial charge is 0.618 e. The number of hydrogen-bond donors (Lipinski definition) is 2. The van der Waals surface area contributed by atoms with Gasteiger partial charge in [0, 0.05) is 0 Å². The normalized spacial score (nSPS) is 9.54. The smallest absolute Gasteiger partial charge is 0.341 e. The summed E-state index contributed by atoms with van der Waals surface area (Å²) in [5.41, 5.74) is -1.16. The third-order valence-electron chi connectivity index (χ3n) is 1.39. The van der Waals surface area contributed by atoms with Crippen LogP contribution in [0, 0.1) is 5.21 Å². The highest BCUT2D eigenvalue weighted by atomic mass is 16.5. The van der Waals surface area contributed by atoms with Gasteiger partial charge in [0.05, 0.1) is 6.20 Å². The van der Waals surface area contributed by atoms with Gasteiger partial charge in [-0.05, 0) is 0 Å². The fraction of sp³-hybridized carbons (Fsp3) is 0. The number of aromatic amines is 1. The number of carbonyl (C=O) groups is 1. The molecule has 68 valence electrons. The van der Waals surface area contributed by atoms with Gasteiger partial charge in [-0.25, -0.2) is 4.79 Å². The number of aromatic nitrogens is 2. The van der Waals surface area contributed by atoms with E-state index in [-0.39, 0.29) is 16.0 Å². The van der Waals surface area contributed by atoms with Crippen LogP contribution in [0.4, 0.5) is 0 Å². The van der Waals surface area contributed by atoms with E-state index in [0.717, 1.165) is 6.20 Å². The van der Waals surface area contributed by atoms with Gasteiger partial charge < -0.3 is 15.3 Å². The topological polar surface area (TPSA) is 97.1 Å². The van der Waals surface area contributed by atoms with E-state index in [1.165, 1.54) is 0 Å². The monoisotopic (exact) mass is 182 g/mol. The van der Waals surface area contributed by atoms with Crippen LogP contribution in [0.1, 0.15) is 5.69 Å². The molecule has 6 heteroatoms. The molecule has 0 radical (unpaired) electrons. The lowest BCUT2D eigenvalue weighted by Gasteiger charge is -2.01. The van der Waals surface area contributed by atoms with Crippen LogP contribution in [0.15, 0.2) is 23.8 Å². The Morgan fingerprint density at radius 3 is 2.77 bits per heavy atom. The fourth-order valence-corrected chi connectivity index (χ4v) is 0.746. The summed E-state index contributed by atoms with van der Waals surface area (Å²) in [6.07, 6.45) is 1.70. The number of rotatable bonds is 2. The van der Waals surface area contributed by atoms with Crippen LogP contribution in [0.5, 0.6) is 0 Å². The molecule has 0 saturated heterocycles. The molecule has 0 aliphatic carbocycles. The highest BCUT2D eigenvalue weighted by Crippen LogP contribution is 2.03. The Kier molecular flexibility index (Phi) is 2.14. The Bertz CT molecular complexity index is 421. The average molecular weight is 182 g/mol. The van der Waals surface area contributed by atoms with Gasteiger partial charge in [0.25, 0.3) is 0 Å². The lowest BCUT2D eigenvalue weighted by atomic mass is 10.2. The molecule has 13 heavy (non-hydrogen) atoms. The highest BCUT2D eigenvalue weighted by molar-refractivity contribution is 6.13. The van der Waals surface area contributed by atoms with Crippen LogP contribution in [0.2, 0.25) is 0 Å². The Morgan fingerprint density at radius 1 is 1.69 bits per heavy atom. The third kappa shape index (κ3) is 1.73. The zero-order valence-electron chi connectivity index (χ0n) is 6.48. The summed E-state index contributed by atoms with van der Waals surface area (Å²) in [4.78, 5) is 23.2. The number of hydrogen-bond acceptors (Lipinski definition) is 3. The third-order valence-corrected chi connectivity index (χ3v) is 1.39. The van der Waals surface area contributed by atoms with Gasteiger partial charge in [0.1, 0.15) is 5.57 Å². The number of nitrogens with zero attached hydrogens (tertiary/aromatic N) is 1. The van der Waals surface area contributed by atoms with E-state index in [1.807, 2.05) is 0 Å². The molecule has 0 aliphatic heterocycles. The van der Waals surface area contributed by atoms with Crippen molar-refractivity contribution in [3.05, 3.63) is 40.2 Å². The lowest BCUT2D eigenvalue weighted by molar-refractivity contribution is -0.609. The Balaban J connectivity index is 3.24. The summed E-state index contributed by atoms with van der Waals surface area (Å²) in [5.74, 6) is -1.31. The van der Waals surface area contributed by atoms with E-state index in [4.69, 9.17) is 5.11 Å². The van der Waals surface area contributed by atoms with Gasteiger partial charge in [-0.15, -0.1) is 0 Å². The van der Waals surface area contributed by atoms with Gasteiger partial charge in [-0.1, -0.05) is 6.58 Å². The Hall–Kier alpha value is -2.11. The first-order valence-corrected chi connectivity index (χ1v) is 3.27. The standard InChI is InChI=1S/C7H6N2O4/c1-4(7(11)12)5-2-8-6(10)3-9(5)13/h2-3H,1H2,(H,8,10)(H,11,12). The molecule has 0 atom stereocenters. The van der Waals surface area contributed by atoms with E-state index in [9.17, 15) is 14.8 Å². The molecule has 0 aliphatic rings. The average Bonchev–Trinajstić information content (AvgIpc) is 2.03. The Labute approximate surface area is 72.4 Å². The maximum atomic E-state index is 11.0. The zero-order chi connectivity index (χ0) is 10.0. The second-order valence-corrected chi connectivity index (χ2v) is 2.28. The quantitative estimate of drug-likeness (QED) is 0.352. The molecule has 1 aromatic heterocycles. The van der Waals surface area contributed by atoms with Crippen molar-refractivity contribution < 1.29 is 14.6 Å². The second kappa shape index (κ2) is 3.10. The molecular formula is C7H6N2O4. The predicted octanol–water partition coefficient (Wildman–Crippen LogP) is -0.894. The Morgan fingerprint density at radius 2 is 2.31 bits per heavy atom. The first kappa shape index (κ1) is 8.98. The first-order chi connectivity index (χ1) is 6.02. The van der Waals surface area contributed by atoms with Gasteiger partial charge in [-0.3, -0.25) is 4.79 Å². The molecule has 0 aromatic carbocycles. The van der Waals surface area contributed by atoms with Crippen molar-refractivity contribution in [1.82, 2.24) is 4.98 Å². The van der Waals surface area contributed by atoms with E-state index in [2.05, 4.69) is 11.6 Å². The van der Waals surface area contributed by atoms with Crippen LogP contribution in [-0.4, -0.2) is 16.1 Å². The summed E-state index contributed by atoms with van der Waals surface area (Å²) in [5, 5.41) is 19.4. The second-order valence-electron chi connectivity index (χ2n) is 2.28. The van der Waals surface area contributed by atoms with Gasteiger partial charge in [0.2, 0.25) is 11.9 Å². The van der Waals surface area contributed by atoms with Crippen molar-refractivity contribution in [3.8, 4) is 0 Å². The van der Waals surface area contributed by atoms with Gasteiger partial charge >= 0.3 is 11.5 Å². The van der Waals surface area contributed by atoms with Gasteiger partial charge in [-0.2, -0.15) is 4.73 Å². The van der Waals surface area contributed by atoms with Crippen molar-refractivity contribution in [1.29, 1.82) is 0 Å². The van der Waals surface area contributed by atoms with Crippen molar-refractivity contribution in [2.45, 2.75) is 0 Å². The molecule has 0 unspecified atom stereocenters. The van der Waals surface area contributed by atoms with Crippen LogP contribution in [-0.2, 0) is 4.79 Å². The van der Waals surface area contributed by atoms with E-state index < -0.39 is 11.5 Å². The molecule has 1 heterocycles. The van der Waals surface area contributed by atoms with Gasteiger partial charge in [0.15, 0.2) is 0 Å². The lowest BCUT2D eigenvalue weighted by Crippen LogP contribution is -2.36. The van der Waals surface area contributed by atoms with Crippen molar-refractivity contribution in [3.63, 3.8) is 0 Å². The van der Waals surface area contributed by atoms with E-state index >= 15 is 0 Å². The molecule has 0 amide bonds. The maximum Gasteiger partial charge on any atom is 0.341 e. The molecule has 1 rings (SSSR count). The number of carboxylic acids is 1. The minimum atomic E-state index is -1.31. The molecule has 2 N–H and O–H groups in total. The van der Waals surface area contributed by atoms with Crippen LogP contribution in [0.25, 0.3) is 5.57 Å². The van der Waals surface area contributed by atoms with E-state index in [0.29, 0.717) is 6.20 Å². The summed E-state index contributed by atoms with van der Waals surface area (Å²) in [6.45, 7) is 3.17. The molecular weight excluding hydrogens is 176 g/mol. The molecule has 0 saturated carbocycles. The van der Waals surface area contributed by atoms with Crippen LogP contribution in [0.3, 0.4) is 0 Å². The molecule has 0 fully saturated rings. The minimum Gasteiger partial charge on any atom is -0.618 e. The van der Waals surface area contributed by atoms with Crippen LogP contribution < -0.4 is 10.3 Å². The summed E-state index contributed by atoms with van der Waals surface area (Å²) in [6, 6.07) is 0. The number of aliphatic carboxylic acids is 1. The number of nitrogens with one attached hydrogen (secondary N) is 1. The summed E-state index contributed by atoms with van der Waals surface area (Å²) >= 11 is 0. The van der Waals surface area contributed by atoms with Crippen LogP contribution >= 0.6 is 0 Å². The highest BCUT2D eigenvalue weighted by Gasteiger charge is 2.16. The molecule has 0 bridgehead atoms. The predicted molar refractivity (Wildman–Crippen MR) is 42.7 cm³/mol. The van der Waals surface area contributed by atoms with Crippen molar-refractivity contribution in [2.75, 3.05) is 0 Å². The van der Waals surface area contributed by atoms with Crippen molar-refractivity contribution in [2.24, 2.45) is 0 Å².